The molecule has 3 rings (SSSR count). The molecule has 4 nitrogen and oxygen atoms in total. The van der Waals surface area contributed by atoms with Crippen LogP contribution in [0.5, 0.6) is 5.75 Å². The van der Waals surface area contributed by atoms with Crippen molar-refractivity contribution in [1.82, 2.24) is 10.2 Å². The Morgan fingerprint density at radius 2 is 1.78 bits per heavy atom. The molecule has 0 atom stereocenters. The Morgan fingerprint density at radius 3 is 2.48 bits per heavy atom. The zero-order valence-corrected chi connectivity index (χ0v) is 14.9. The van der Waals surface area contributed by atoms with Gasteiger partial charge in [0.25, 0.3) is 5.22 Å². The van der Waals surface area contributed by atoms with Gasteiger partial charge in [0.1, 0.15) is 5.75 Å². The number of methoxy groups -OCH3 is 1. The summed E-state index contributed by atoms with van der Waals surface area (Å²) in [4.78, 5) is 0. The maximum absolute atomic E-state index is 5.69. The van der Waals surface area contributed by atoms with E-state index in [1.54, 1.807) is 18.9 Å². The number of ether oxygens (including phenoxy) is 1. The number of nitrogens with zero attached hydrogens (tertiary/aromatic N) is 2. The number of rotatable bonds is 6. The van der Waals surface area contributed by atoms with Crippen LogP contribution in [0.2, 0.25) is 0 Å². The summed E-state index contributed by atoms with van der Waals surface area (Å²) in [7, 11) is 1.67. The number of hydrogen-bond donors (Lipinski definition) is 0. The second kappa shape index (κ2) is 7.66. The highest BCUT2D eigenvalue weighted by atomic mass is 79.9. The number of aryl methyl sites for hydroxylation is 1. The molecule has 118 valence electrons. The van der Waals surface area contributed by atoms with Gasteiger partial charge < -0.3 is 9.15 Å². The first-order chi connectivity index (χ1) is 11.2. The van der Waals surface area contributed by atoms with Crippen LogP contribution in [0, 0.1) is 0 Å². The Balaban J connectivity index is 1.55. The van der Waals surface area contributed by atoms with E-state index in [0.717, 1.165) is 28.0 Å². The Bertz CT molecular complexity index is 757. The maximum Gasteiger partial charge on any atom is 0.276 e. The van der Waals surface area contributed by atoms with Gasteiger partial charge in [0.2, 0.25) is 5.89 Å². The Kier molecular flexibility index (Phi) is 5.35. The second-order valence-electron chi connectivity index (χ2n) is 4.83. The van der Waals surface area contributed by atoms with Crippen LogP contribution in [0.4, 0.5) is 0 Å². The average molecular weight is 391 g/mol. The van der Waals surface area contributed by atoms with Crippen molar-refractivity contribution in [2.75, 3.05) is 12.9 Å². The van der Waals surface area contributed by atoms with E-state index in [1.165, 1.54) is 5.56 Å². The predicted octanol–water partition coefficient (Wildman–Crippen LogP) is 4.84. The lowest BCUT2D eigenvalue weighted by molar-refractivity contribution is 0.414. The molecule has 1 heterocycles. The van der Waals surface area contributed by atoms with Crippen LogP contribution in [-0.2, 0) is 6.42 Å². The van der Waals surface area contributed by atoms with Gasteiger partial charge in [-0.05, 0) is 48.4 Å². The summed E-state index contributed by atoms with van der Waals surface area (Å²) >= 11 is 4.97. The molecule has 23 heavy (non-hydrogen) atoms. The average Bonchev–Trinajstić information content (AvgIpc) is 3.05. The molecule has 1 aromatic heterocycles. The summed E-state index contributed by atoms with van der Waals surface area (Å²) in [6.45, 7) is 0. The summed E-state index contributed by atoms with van der Waals surface area (Å²) in [6, 6.07) is 15.9. The molecule has 0 amide bonds. The van der Waals surface area contributed by atoms with E-state index < -0.39 is 0 Å². The van der Waals surface area contributed by atoms with Gasteiger partial charge in [-0.2, -0.15) is 0 Å². The molecule has 0 spiro atoms. The third kappa shape index (κ3) is 4.36. The lowest BCUT2D eigenvalue weighted by Crippen LogP contribution is -1.89. The van der Waals surface area contributed by atoms with Crippen LogP contribution in [0.25, 0.3) is 11.5 Å². The first kappa shape index (κ1) is 16.1. The van der Waals surface area contributed by atoms with Gasteiger partial charge in [-0.15, -0.1) is 10.2 Å². The van der Waals surface area contributed by atoms with E-state index in [2.05, 4.69) is 38.3 Å². The van der Waals surface area contributed by atoms with Crippen LogP contribution in [0.1, 0.15) is 5.56 Å². The van der Waals surface area contributed by atoms with Crippen LogP contribution in [0.3, 0.4) is 0 Å². The molecule has 0 bridgehead atoms. The predicted molar refractivity (Wildman–Crippen MR) is 94.9 cm³/mol. The summed E-state index contributed by atoms with van der Waals surface area (Å²) in [5.74, 6) is 2.30. The van der Waals surface area contributed by atoms with Crippen LogP contribution in [0.15, 0.2) is 62.6 Å². The summed E-state index contributed by atoms with van der Waals surface area (Å²) in [6.07, 6.45) is 0.935. The lowest BCUT2D eigenvalue weighted by Gasteiger charge is -2.02. The molecule has 0 fully saturated rings. The smallest absolute Gasteiger partial charge is 0.276 e. The minimum Gasteiger partial charge on any atom is -0.497 e. The second-order valence-corrected chi connectivity index (χ2v) is 6.79. The van der Waals surface area contributed by atoms with Crippen molar-refractivity contribution in [3.05, 3.63) is 58.6 Å². The third-order valence-corrected chi connectivity index (χ3v) is 4.62. The molecule has 0 aliphatic heterocycles. The van der Waals surface area contributed by atoms with Crippen molar-refractivity contribution >= 4 is 27.7 Å². The van der Waals surface area contributed by atoms with Gasteiger partial charge in [0.05, 0.1) is 7.11 Å². The maximum atomic E-state index is 5.69. The molecule has 3 aromatic rings. The van der Waals surface area contributed by atoms with E-state index >= 15 is 0 Å². The van der Waals surface area contributed by atoms with Gasteiger partial charge in [0, 0.05) is 15.8 Å². The normalized spacial score (nSPS) is 10.7. The quantitative estimate of drug-likeness (QED) is 0.563. The van der Waals surface area contributed by atoms with E-state index in [0.29, 0.717) is 11.1 Å². The van der Waals surface area contributed by atoms with Gasteiger partial charge in [-0.25, -0.2) is 0 Å². The van der Waals surface area contributed by atoms with E-state index in [1.807, 2.05) is 36.4 Å². The van der Waals surface area contributed by atoms with Crippen molar-refractivity contribution in [2.45, 2.75) is 11.6 Å². The highest BCUT2D eigenvalue weighted by Crippen LogP contribution is 2.25. The van der Waals surface area contributed by atoms with Crippen LogP contribution >= 0.6 is 27.7 Å². The minimum atomic E-state index is 0.546. The fourth-order valence-corrected chi connectivity index (χ4v) is 3.04. The summed E-state index contributed by atoms with van der Waals surface area (Å²) in [5, 5.41) is 8.78. The molecular formula is C17H15BrN2O2S. The summed E-state index contributed by atoms with van der Waals surface area (Å²) in [5.41, 5.74) is 2.17. The van der Waals surface area contributed by atoms with Crippen molar-refractivity contribution < 1.29 is 9.15 Å². The number of hydrogen-bond acceptors (Lipinski definition) is 5. The molecule has 0 aliphatic carbocycles. The first-order valence-corrected chi connectivity index (χ1v) is 8.87. The lowest BCUT2D eigenvalue weighted by atomic mass is 10.2. The Hall–Kier alpha value is -1.79. The van der Waals surface area contributed by atoms with Gasteiger partial charge in [-0.3, -0.25) is 0 Å². The SMILES string of the molecule is COc1ccc(CCSc2nnc(-c3ccc(Br)cc3)o2)cc1. The molecule has 0 aliphatic rings. The van der Waals surface area contributed by atoms with E-state index in [-0.39, 0.29) is 0 Å². The van der Waals surface area contributed by atoms with E-state index in [4.69, 9.17) is 9.15 Å². The highest BCUT2D eigenvalue weighted by Gasteiger charge is 2.09. The molecule has 6 heteroatoms. The van der Waals surface area contributed by atoms with Crippen molar-refractivity contribution in [2.24, 2.45) is 0 Å². The number of benzene rings is 2. The fraction of sp³-hybridized carbons (Fsp3) is 0.176. The molecule has 0 N–H and O–H groups in total. The van der Waals surface area contributed by atoms with E-state index in [9.17, 15) is 0 Å². The van der Waals surface area contributed by atoms with Crippen molar-refractivity contribution in [3.8, 4) is 17.2 Å². The molecule has 0 saturated carbocycles. The van der Waals surface area contributed by atoms with Crippen molar-refractivity contribution in [3.63, 3.8) is 0 Å². The standard InChI is InChI=1S/C17H15BrN2O2S/c1-21-15-8-2-12(3-9-15)10-11-23-17-20-19-16(22-17)13-4-6-14(18)7-5-13/h2-9H,10-11H2,1H3. The Morgan fingerprint density at radius 1 is 1.04 bits per heavy atom. The minimum absolute atomic E-state index is 0.546. The number of halogens is 1. The molecule has 0 unspecified atom stereocenters. The molecule has 0 saturated heterocycles. The number of thioether (sulfide) groups is 1. The van der Waals surface area contributed by atoms with Gasteiger partial charge in [0.15, 0.2) is 0 Å². The molecular weight excluding hydrogens is 376 g/mol. The van der Waals surface area contributed by atoms with Crippen molar-refractivity contribution in [1.29, 1.82) is 0 Å². The van der Waals surface area contributed by atoms with Crippen LogP contribution < -0.4 is 4.74 Å². The summed E-state index contributed by atoms with van der Waals surface area (Å²) < 4.78 is 11.9. The van der Waals surface area contributed by atoms with Gasteiger partial charge >= 0.3 is 0 Å². The van der Waals surface area contributed by atoms with Crippen LogP contribution in [-0.4, -0.2) is 23.1 Å². The Labute approximate surface area is 147 Å². The monoisotopic (exact) mass is 390 g/mol. The zero-order valence-electron chi connectivity index (χ0n) is 12.5. The molecule has 0 radical (unpaired) electrons. The first-order valence-electron chi connectivity index (χ1n) is 7.10. The largest absolute Gasteiger partial charge is 0.497 e. The fourth-order valence-electron chi connectivity index (χ4n) is 2.03. The topological polar surface area (TPSA) is 48.2 Å². The number of aromatic nitrogens is 2. The zero-order chi connectivity index (χ0) is 16.1. The highest BCUT2D eigenvalue weighted by molar-refractivity contribution is 9.10. The third-order valence-electron chi connectivity index (χ3n) is 3.27. The van der Waals surface area contributed by atoms with Gasteiger partial charge in [-0.1, -0.05) is 39.8 Å². The molecule has 2 aromatic carbocycles.